The molecule has 98 valence electrons. The number of aryl methyl sites for hydroxylation is 1. The lowest BCUT2D eigenvalue weighted by molar-refractivity contribution is -0.386. The smallest absolute Gasteiger partial charge is 0.303 e. The summed E-state index contributed by atoms with van der Waals surface area (Å²) < 4.78 is 1.35. The van der Waals surface area contributed by atoms with Crippen molar-refractivity contribution in [3.05, 3.63) is 73.1 Å². The molecule has 0 aliphatic heterocycles. The number of benzene rings is 1. The Morgan fingerprint density at radius 1 is 1.32 bits per heavy atom. The monoisotopic (exact) mass is 278 g/mol. The molecule has 6 heteroatoms. The molecule has 19 heavy (non-hydrogen) atoms. The number of halogens is 1. The van der Waals surface area contributed by atoms with E-state index in [0.717, 1.165) is 5.56 Å². The molecule has 0 saturated heterocycles. The Hall–Kier alpha value is -2.14. The summed E-state index contributed by atoms with van der Waals surface area (Å²) in [7, 11) is 0. The standard InChI is InChI=1S/C13H11ClN2O3/c1-9-7-11(14)12(16(18)19)13(17)15(9)8-10-5-3-2-4-6-10/h2-7H,8H2,1H3. The molecule has 1 heterocycles. The Labute approximate surface area is 114 Å². The third-order valence-corrected chi connectivity index (χ3v) is 3.09. The molecular formula is C13H11ClN2O3. The van der Waals surface area contributed by atoms with E-state index in [1.54, 1.807) is 6.92 Å². The van der Waals surface area contributed by atoms with Crippen molar-refractivity contribution in [2.24, 2.45) is 0 Å². The van der Waals surface area contributed by atoms with E-state index in [1.807, 2.05) is 30.3 Å². The van der Waals surface area contributed by atoms with Crippen LogP contribution in [0.2, 0.25) is 5.02 Å². The summed E-state index contributed by atoms with van der Waals surface area (Å²) in [5, 5.41) is 10.7. The quantitative estimate of drug-likeness (QED) is 0.640. The van der Waals surface area contributed by atoms with Gasteiger partial charge >= 0.3 is 11.2 Å². The Balaban J connectivity index is 2.55. The molecule has 0 saturated carbocycles. The lowest BCUT2D eigenvalue weighted by atomic mass is 10.2. The lowest BCUT2D eigenvalue weighted by Gasteiger charge is -2.10. The first kappa shape index (κ1) is 13.3. The van der Waals surface area contributed by atoms with Gasteiger partial charge in [0.25, 0.3) is 0 Å². The van der Waals surface area contributed by atoms with Crippen molar-refractivity contribution < 1.29 is 4.92 Å². The first-order valence-corrected chi connectivity index (χ1v) is 5.96. The van der Waals surface area contributed by atoms with Gasteiger partial charge in [-0.05, 0) is 18.6 Å². The molecular weight excluding hydrogens is 268 g/mol. The highest BCUT2D eigenvalue weighted by molar-refractivity contribution is 6.32. The van der Waals surface area contributed by atoms with Gasteiger partial charge in [-0.25, -0.2) is 0 Å². The third-order valence-electron chi connectivity index (χ3n) is 2.80. The van der Waals surface area contributed by atoms with Gasteiger partial charge in [0.05, 0.1) is 11.5 Å². The molecule has 2 rings (SSSR count). The second-order valence-corrected chi connectivity index (χ2v) is 4.52. The van der Waals surface area contributed by atoms with Crippen molar-refractivity contribution in [3.63, 3.8) is 0 Å². The Morgan fingerprint density at radius 2 is 1.95 bits per heavy atom. The van der Waals surface area contributed by atoms with E-state index in [-0.39, 0.29) is 11.6 Å². The second-order valence-electron chi connectivity index (χ2n) is 4.12. The minimum Gasteiger partial charge on any atom is -0.303 e. The van der Waals surface area contributed by atoms with Gasteiger partial charge in [-0.15, -0.1) is 0 Å². The highest BCUT2D eigenvalue weighted by Gasteiger charge is 2.21. The van der Waals surface area contributed by atoms with Crippen LogP contribution >= 0.6 is 11.6 Å². The maximum Gasteiger partial charge on any atom is 0.352 e. The van der Waals surface area contributed by atoms with E-state index in [0.29, 0.717) is 5.69 Å². The molecule has 2 aromatic rings. The maximum atomic E-state index is 12.1. The second kappa shape index (κ2) is 5.24. The van der Waals surface area contributed by atoms with Gasteiger partial charge in [-0.2, -0.15) is 0 Å². The van der Waals surface area contributed by atoms with Crippen molar-refractivity contribution >= 4 is 17.3 Å². The Kier molecular flexibility index (Phi) is 3.66. The fraction of sp³-hybridized carbons (Fsp3) is 0.154. The van der Waals surface area contributed by atoms with Gasteiger partial charge in [-0.1, -0.05) is 41.9 Å². The number of hydrogen-bond acceptors (Lipinski definition) is 3. The van der Waals surface area contributed by atoms with Gasteiger partial charge in [0.15, 0.2) is 0 Å². The molecule has 0 fully saturated rings. The van der Waals surface area contributed by atoms with Crippen molar-refractivity contribution in [2.75, 3.05) is 0 Å². The zero-order chi connectivity index (χ0) is 14.0. The summed E-state index contributed by atoms with van der Waals surface area (Å²) in [6.07, 6.45) is 0. The number of hydrogen-bond donors (Lipinski definition) is 0. The van der Waals surface area contributed by atoms with E-state index in [2.05, 4.69) is 0 Å². The number of pyridine rings is 1. The largest absolute Gasteiger partial charge is 0.352 e. The van der Waals surface area contributed by atoms with E-state index in [4.69, 9.17) is 11.6 Å². The van der Waals surface area contributed by atoms with E-state index in [1.165, 1.54) is 10.6 Å². The molecule has 0 aliphatic rings. The van der Waals surface area contributed by atoms with E-state index < -0.39 is 16.2 Å². The molecule has 0 amide bonds. The molecule has 1 aromatic carbocycles. The Bertz CT molecular complexity index is 680. The van der Waals surface area contributed by atoms with Crippen LogP contribution in [0.15, 0.2) is 41.2 Å². The number of nitrogens with zero attached hydrogens (tertiary/aromatic N) is 2. The van der Waals surface area contributed by atoms with Gasteiger partial charge < -0.3 is 4.57 Å². The van der Waals surface area contributed by atoms with Crippen molar-refractivity contribution in [3.8, 4) is 0 Å². The first-order chi connectivity index (χ1) is 9.00. The summed E-state index contributed by atoms with van der Waals surface area (Å²) in [4.78, 5) is 22.2. The molecule has 5 nitrogen and oxygen atoms in total. The summed E-state index contributed by atoms with van der Waals surface area (Å²) in [5.41, 5.74) is 0.218. The van der Waals surface area contributed by atoms with Crippen LogP contribution in [0.4, 0.5) is 5.69 Å². The molecule has 1 aromatic heterocycles. The number of nitro groups is 1. The minimum atomic E-state index is -0.744. The third kappa shape index (κ3) is 2.66. The number of aromatic nitrogens is 1. The van der Waals surface area contributed by atoms with Gasteiger partial charge in [0.2, 0.25) is 0 Å². The maximum absolute atomic E-state index is 12.1. The first-order valence-electron chi connectivity index (χ1n) is 5.59. The van der Waals surface area contributed by atoms with Crippen molar-refractivity contribution in [2.45, 2.75) is 13.5 Å². The molecule has 0 spiro atoms. The summed E-state index contributed by atoms with van der Waals surface area (Å²) in [6, 6.07) is 10.7. The van der Waals surface area contributed by atoms with Crippen LogP contribution in [0.3, 0.4) is 0 Å². The average Bonchev–Trinajstić information content (AvgIpc) is 2.35. The molecule has 0 aliphatic carbocycles. The van der Waals surface area contributed by atoms with E-state index in [9.17, 15) is 14.9 Å². The van der Waals surface area contributed by atoms with E-state index >= 15 is 0 Å². The molecule has 0 N–H and O–H groups in total. The van der Waals surface area contributed by atoms with Crippen LogP contribution in [0.1, 0.15) is 11.3 Å². The van der Waals surface area contributed by atoms with Crippen LogP contribution < -0.4 is 5.56 Å². The average molecular weight is 279 g/mol. The SMILES string of the molecule is Cc1cc(Cl)c([N+](=O)[O-])c(=O)n1Cc1ccccc1. The molecule has 0 bridgehead atoms. The van der Waals surface area contributed by atoms with Crippen molar-refractivity contribution in [1.29, 1.82) is 0 Å². The number of rotatable bonds is 3. The van der Waals surface area contributed by atoms with Crippen LogP contribution in [0.5, 0.6) is 0 Å². The highest BCUT2D eigenvalue weighted by atomic mass is 35.5. The summed E-state index contributed by atoms with van der Waals surface area (Å²) in [6.45, 7) is 1.98. The summed E-state index contributed by atoms with van der Waals surface area (Å²) in [5.74, 6) is 0. The zero-order valence-electron chi connectivity index (χ0n) is 10.2. The lowest BCUT2D eigenvalue weighted by Crippen LogP contribution is -2.25. The van der Waals surface area contributed by atoms with Crippen molar-refractivity contribution in [1.82, 2.24) is 4.57 Å². The normalized spacial score (nSPS) is 10.4. The molecule has 0 radical (unpaired) electrons. The summed E-state index contributed by atoms with van der Waals surface area (Å²) >= 11 is 5.75. The molecule has 0 atom stereocenters. The highest BCUT2D eigenvalue weighted by Crippen LogP contribution is 2.21. The topological polar surface area (TPSA) is 65.1 Å². The zero-order valence-corrected chi connectivity index (χ0v) is 10.9. The predicted molar refractivity (Wildman–Crippen MR) is 72.6 cm³/mol. The fourth-order valence-electron chi connectivity index (χ4n) is 1.85. The molecule has 0 unspecified atom stereocenters. The van der Waals surface area contributed by atoms with Gasteiger partial charge in [-0.3, -0.25) is 14.9 Å². The fourth-order valence-corrected chi connectivity index (χ4v) is 2.16. The predicted octanol–water partition coefficient (Wildman–Crippen LogP) is 2.77. The van der Waals surface area contributed by atoms with Crippen LogP contribution in [-0.2, 0) is 6.54 Å². The van der Waals surface area contributed by atoms with Crippen LogP contribution in [-0.4, -0.2) is 9.49 Å². The van der Waals surface area contributed by atoms with Crippen LogP contribution in [0, 0.1) is 17.0 Å². The van der Waals surface area contributed by atoms with Crippen LogP contribution in [0.25, 0.3) is 0 Å². The minimum absolute atomic E-state index is 0.128. The Morgan fingerprint density at radius 3 is 2.53 bits per heavy atom. The van der Waals surface area contributed by atoms with Gasteiger partial charge in [0.1, 0.15) is 5.02 Å². The van der Waals surface area contributed by atoms with Gasteiger partial charge in [0, 0.05) is 5.69 Å².